The standard InChI is InChI=1S/C16H15N3O4S2/c1-2-19-13-8-7-10(9-14(13)24-16(19)21)25(22,23)18-12-6-4-3-5-11(12)15(17)20/h3-9,18H,2H2,1H3,(H2,17,20). The topological polar surface area (TPSA) is 111 Å². The molecule has 1 aromatic heterocycles. The lowest BCUT2D eigenvalue weighted by atomic mass is 10.2. The number of aromatic nitrogens is 1. The Morgan fingerprint density at radius 2 is 1.96 bits per heavy atom. The number of sulfonamides is 1. The van der Waals surface area contributed by atoms with Gasteiger partial charge < -0.3 is 5.73 Å². The summed E-state index contributed by atoms with van der Waals surface area (Å²) in [4.78, 5) is 23.2. The number of amides is 1. The highest BCUT2D eigenvalue weighted by Gasteiger charge is 2.19. The average Bonchev–Trinajstić information content (AvgIpc) is 2.88. The highest BCUT2D eigenvalue weighted by Crippen LogP contribution is 2.24. The molecule has 25 heavy (non-hydrogen) atoms. The minimum absolute atomic E-state index is 0.00350. The molecule has 7 nitrogen and oxygen atoms in total. The number of carbonyl (C=O) groups is 1. The molecule has 2 aromatic carbocycles. The van der Waals surface area contributed by atoms with Gasteiger partial charge in [-0.1, -0.05) is 23.5 Å². The molecule has 0 radical (unpaired) electrons. The van der Waals surface area contributed by atoms with Crippen LogP contribution in [0.25, 0.3) is 10.2 Å². The number of nitrogens with two attached hydrogens (primary N) is 1. The number of aryl methyl sites for hydroxylation is 1. The second-order valence-corrected chi connectivity index (χ2v) is 7.93. The number of nitrogens with one attached hydrogen (secondary N) is 1. The smallest absolute Gasteiger partial charge is 0.308 e. The number of rotatable bonds is 5. The summed E-state index contributed by atoms with van der Waals surface area (Å²) in [6.45, 7) is 2.36. The molecule has 0 aliphatic heterocycles. The molecule has 0 spiro atoms. The predicted molar refractivity (Wildman–Crippen MR) is 97.5 cm³/mol. The van der Waals surface area contributed by atoms with Gasteiger partial charge in [-0.2, -0.15) is 0 Å². The monoisotopic (exact) mass is 377 g/mol. The fourth-order valence-corrected chi connectivity index (χ4v) is 4.68. The Hall–Kier alpha value is -2.65. The maximum atomic E-state index is 12.6. The van der Waals surface area contributed by atoms with Crippen LogP contribution in [0.3, 0.4) is 0 Å². The van der Waals surface area contributed by atoms with Gasteiger partial charge in [0.2, 0.25) is 0 Å². The van der Waals surface area contributed by atoms with Crippen molar-refractivity contribution >= 4 is 43.2 Å². The number of fused-ring (bicyclic) bond motifs is 1. The quantitative estimate of drug-likeness (QED) is 0.708. The van der Waals surface area contributed by atoms with Crippen molar-refractivity contribution in [3.63, 3.8) is 0 Å². The summed E-state index contributed by atoms with van der Waals surface area (Å²) in [6.07, 6.45) is 0. The molecule has 0 saturated heterocycles. The Bertz CT molecular complexity index is 1130. The largest absolute Gasteiger partial charge is 0.366 e. The van der Waals surface area contributed by atoms with Crippen LogP contribution in [0.15, 0.2) is 52.2 Å². The molecule has 1 heterocycles. The summed E-state index contributed by atoms with van der Waals surface area (Å²) in [5.74, 6) is -0.730. The van der Waals surface area contributed by atoms with Crippen molar-refractivity contribution in [1.29, 1.82) is 0 Å². The summed E-state index contributed by atoms with van der Waals surface area (Å²) in [6, 6.07) is 10.6. The third-order valence-corrected chi connectivity index (χ3v) is 6.01. The van der Waals surface area contributed by atoms with E-state index in [0.29, 0.717) is 16.8 Å². The number of benzene rings is 2. The summed E-state index contributed by atoms with van der Waals surface area (Å²) >= 11 is 0.989. The van der Waals surface area contributed by atoms with Crippen LogP contribution in [-0.4, -0.2) is 18.9 Å². The number of nitrogens with zero attached hydrogens (tertiary/aromatic N) is 1. The van der Waals surface area contributed by atoms with E-state index in [9.17, 15) is 18.0 Å². The first-order chi connectivity index (χ1) is 11.8. The Labute approximate surface area is 147 Å². The van der Waals surface area contributed by atoms with Gasteiger partial charge in [0.1, 0.15) is 0 Å². The first-order valence-corrected chi connectivity index (χ1v) is 9.68. The molecule has 0 bridgehead atoms. The number of para-hydroxylation sites is 1. The molecule has 1 amide bonds. The Morgan fingerprint density at radius 3 is 2.64 bits per heavy atom. The SMILES string of the molecule is CCn1c(=O)sc2cc(S(=O)(=O)Nc3ccccc3C(N)=O)ccc21. The van der Waals surface area contributed by atoms with E-state index < -0.39 is 15.9 Å². The van der Waals surface area contributed by atoms with E-state index in [4.69, 9.17) is 5.73 Å². The summed E-state index contributed by atoms with van der Waals surface area (Å²) in [7, 11) is -3.93. The number of primary amides is 1. The van der Waals surface area contributed by atoms with E-state index in [2.05, 4.69) is 4.72 Å². The van der Waals surface area contributed by atoms with Crippen LogP contribution in [0.4, 0.5) is 5.69 Å². The van der Waals surface area contributed by atoms with E-state index in [0.717, 1.165) is 11.3 Å². The molecule has 130 valence electrons. The van der Waals surface area contributed by atoms with Gasteiger partial charge in [0, 0.05) is 6.54 Å². The molecule has 0 aliphatic carbocycles. The summed E-state index contributed by atoms with van der Waals surface area (Å²) < 4.78 is 29.8. The molecular weight excluding hydrogens is 362 g/mol. The fourth-order valence-electron chi connectivity index (χ4n) is 2.50. The van der Waals surface area contributed by atoms with Crippen LogP contribution in [0.1, 0.15) is 17.3 Å². The van der Waals surface area contributed by atoms with Gasteiger partial charge in [0.15, 0.2) is 0 Å². The zero-order chi connectivity index (χ0) is 18.2. The maximum Gasteiger partial charge on any atom is 0.308 e. The van der Waals surface area contributed by atoms with Crippen molar-refractivity contribution in [3.8, 4) is 0 Å². The van der Waals surface area contributed by atoms with Crippen molar-refractivity contribution in [2.45, 2.75) is 18.4 Å². The van der Waals surface area contributed by atoms with E-state index in [1.54, 1.807) is 22.8 Å². The van der Waals surface area contributed by atoms with Gasteiger partial charge in [-0.15, -0.1) is 0 Å². The molecule has 0 unspecified atom stereocenters. The second-order valence-electron chi connectivity index (χ2n) is 5.26. The van der Waals surface area contributed by atoms with E-state index >= 15 is 0 Å². The zero-order valence-corrected chi connectivity index (χ0v) is 14.9. The first-order valence-electron chi connectivity index (χ1n) is 7.38. The number of carbonyl (C=O) groups excluding carboxylic acids is 1. The minimum Gasteiger partial charge on any atom is -0.366 e. The number of anilines is 1. The van der Waals surface area contributed by atoms with Crippen molar-refractivity contribution in [2.24, 2.45) is 5.73 Å². The van der Waals surface area contributed by atoms with Crippen LogP contribution >= 0.6 is 11.3 Å². The molecular formula is C16H15N3O4S2. The predicted octanol–water partition coefficient (Wildman–Crippen LogP) is 1.98. The van der Waals surface area contributed by atoms with Crippen molar-refractivity contribution in [1.82, 2.24) is 4.57 Å². The zero-order valence-electron chi connectivity index (χ0n) is 13.2. The van der Waals surface area contributed by atoms with Crippen molar-refractivity contribution in [3.05, 3.63) is 57.7 Å². The Morgan fingerprint density at radius 1 is 1.24 bits per heavy atom. The number of thiazole rings is 1. The van der Waals surface area contributed by atoms with Crippen LogP contribution in [0.2, 0.25) is 0 Å². The molecule has 3 N–H and O–H groups in total. The summed E-state index contributed by atoms with van der Waals surface area (Å²) in [5.41, 5.74) is 6.14. The average molecular weight is 377 g/mol. The lowest BCUT2D eigenvalue weighted by molar-refractivity contribution is 0.100. The van der Waals surface area contributed by atoms with Gasteiger partial charge >= 0.3 is 4.87 Å². The Kier molecular flexibility index (Phi) is 4.36. The molecule has 0 aliphatic rings. The van der Waals surface area contributed by atoms with E-state index in [1.807, 2.05) is 6.92 Å². The van der Waals surface area contributed by atoms with Crippen LogP contribution in [0.5, 0.6) is 0 Å². The highest BCUT2D eigenvalue weighted by molar-refractivity contribution is 7.92. The van der Waals surface area contributed by atoms with Crippen LogP contribution in [0, 0.1) is 0 Å². The molecule has 9 heteroatoms. The molecule has 0 saturated carbocycles. The fraction of sp³-hybridized carbons (Fsp3) is 0.125. The van der Waals surface area contributed by atoms with Gasteiger partial charge in [-0.3, -0.25) is 18.9 Å². The highest BCUT2D eigenvalue weighted by atomic mass is 32.2. The molecule has 0 atom stereocenters. The summed E-state index contributed by atoms with van der Waals surface area (Å²) in [5, 5.41) is 0. The van der Waals surface area contributed by atoms with Gasteiger partial charge in [-0.25, -0.2) is 8.42 Å². The van der Waals surface area contributed by atoms with E-state index in [1.165, 1.54) is 24.3 Å². The first kappa shape index (κ1) is 17.2. The molecule has 0 fully saturated rings. The Balaban J connectivity index is 2.05. The number of hydrogen-bond donors (Lipinski definition) is 2. The van der Waals surface area contributed by atoms with Gasteiger partial charge in [0.25, 0.3) is 15.9 Å². The second kappa shape index (κ2) is 6.34. The number of hydrogen-bond acceptors (Lipinski definition) is 5. The van der Waals surface area contributed by atoms with Gasteiger partial charge in [-0.05, 0) is 37.3 Å². The van der Waals surface area contributed by atoms with Crippen molar-refractivity contribution < 1.29 is 13.2 Å². The third-order valence-electron chi connectivity index (χ3n) is 3.70. The van der Waals surface area contributed by atoms with E-state index in [-0.39, 0.29) is 21.0 Å². The van der Waals surface area contributed by atoms with Crippen LogP contribution in [-0.2, 0) is 16.6 Å². The molecule has 3 aromatic rings. The molecule has 3 rings (SSSR count). The maximum absolute atomic E-state index is 12.6. The van der Waals surface area contributed by atoms with Crippen molar-refractivity contribution in [2.75, 3.05) is 4.72 Å². The normalized spacial score (nSPS) is 11.6. The third kappa shape index (κ3) is 3.15. The van der Waals surface area contributed by atoms with Gasteiger partial charge in [0.05, 0.1) is 26.4 Å². The lowest BCUT2D eigenvalue weighted by Crippen LogP contribution is -2.18. The lowest BCUT2D eigenvalue weighted by Gasteiger charge is -2.11. The minimum atomic E-state index is -3.93. The van der Waals surface area contributed by atoms with Crippen LogP contribution < -0.4 is 15.3 Å².